The summed E-state index contributed by atoms with van der Waals surface area (Å²) in [5.74, 6) is 2.60. The molecule has 14 heavy (non-hydrogen) atoms. The predicted octanol–water partition coefficient (Wildman–Crippen LogP) is 1.47. The van der Waals surface area contributed by atoms with E-state index >= 15 is 0 Å². The highest BCUT2D eigenvalue weighted by Gasteiger charge is 2.23. The van der Waals surface area contributed by atoms with Crippen molar-refractivity contribution < 1.29 is 0 Å². The van der Waals surface area contributed by atoms with E-state index in [1.807, 2.05) is 0 Å². The normalized spacial score (nSPS) is 28.6. The fourth-order valence-electron chi connectivity index (χ4n) is 2.28. The van der Waals surface area contributed by atoms with E-state index in [9.17, 15) is 0 Å². The maximum absolute atomic E-state index is 5.18. The van der Waals surface area contributed by atoms with Gasteiger partial charge in [-0.25, -0.2) is 0 Å². The van der Waals surface area contributed by atoms with Crippen LogP contribution >= 0.6 is 0 Å². The average molecular weight is 194 g/mol. The van der Waals surface area contributed by atoms with Gasteiger partial charge in [0.25, 0.3) is 0 Å². The second-order valence-electron chi connectivity index (χ2n) is 4.25. The minimum atomic E-state index is 0.691. The molecule has 1 fully saturated rings. The summed E-state index contributed by atoms with van der Waals surface area (Å²) in [5, 5.41) is 3.25. The number of likely N-dealkylation sites (tertiary alicyclic amines) is 1. The average Bonchev–Trinajstić information content (AvgIpc) is 2.16. The van der Waals surface area contributed by atoms with Gasteiger partial charge in [-0.15, -0.1) is 6.42 Å². The molecule has 1 N–H and O–H groups in total. The lowest BCUT2D eigenvalue weighted by Crippen LogP contribution is -2.46. The lowest BCUT2D eigenvalue weighted by atomic mass is 9.98. The molecule has 0 spiro atoms. The monoisotopic (exact) mass is 194 g/mol. The molecule has 0 aromatic heterocycles. The molecule has 0 saturated carbocycles. The molecule has 1 heterocycles. The standard InChI is InChI=1S/C12H22N2/c1-4-8-13-9-10-14-11(2)6-5-7-12(14)3/h1,11-13H,5-10H2,2-3H3. The van der Waals surface area contributed by atoms with Gasteiger partial charge in [-0.2, -0.15) is 0 Å². The molecule has 1 rings (SSSR count). The van der Waals surface area contributed by atoms with Crippen molar-refractivity contribution in [3.05, 3.63) is 0 Å². The van der Waals surface area contributed by atoms with Crippen LogP contribution < -0.4 is 5.32 Å². The van der Waals surface area contributed by atoms with Crippen LogP contribution in [0.2, 0.25) is 0 Å². The summed E-state index contributed by atoms with van der Waals surface area (Å²) in [6.45, 7) is 7.49. The van der Waals surface area contributed by atoms with Crippen molar-refractivity contribution >= 4 is 0 Å². The molecular formula is C12H22N2. The van der Waals surface area contributed by atoms with Crippen LogP contribution in [0.1, 0.15) is 33.1 Å². The Morgan fingerprint density at radius 2 is 2.00 bits per heavy atom. The molecule has 0 radical (unpaired) electrons. The van der Waals surface area contributed by atoms with Crippen molar-refractivity contribution in [3.63, 3.8) is 0 Å². The van der Waals surface area contributed by atoms with Crippen molar-refractivity contribution in [3.8, 4) is 12.3 Å². The highest BCUT2D eigenvalue weighted by Crippen LogP contribution is 2.21. The molecule has 2 heteroatoms. The number of piperidine rings is 1. The van der Waals surface area contributed by atoms with Crippen LogP contribution in [0.3, 0.4) is 0 Å². The Hall–Kier alpha value is -0.520. The molecule has 0 aliphatic carbocycles. The Labute approximate surface area is 88.1 Å². The minimum absolute atomic E-state index is 0.691. The molecular weight excluding hydrogens is 172 g/mol. The van der Waals surface area contributed by atoms with Gasteiger partial charge in [-0.1, -0.05) is 12.3 Å². The molecule has 0 amide bonds. The Morgan fingerprint density at radius 3 is 2.57 bits per heavy atom. The summed E-state index contributed by atoms with van der Waals surface area (Å²) in [7, 11) is 0. The Morgan fingerprint density at radius 1 is 1.36 bits per heavy atom. The molecule has 0 aromatic carbocycles. The van der Waals surface area contributed by atoms with Gasteiger partial charge in [-0.05, 0) is 26.7 Å². The fraction of sp³-hybridized carbons (Fsp3) is 0.833. The number of terminal acetylenes is 1. The molecule has 80 valence electrons. The Bertz CT molecular complexity index is 185. The van der Waals surface area contributed by atoms with Crippen LogP contribution in [0, 0.1) is 12.3 Å². The van der Waals surface area contributed by atoms with Gasteiger partial charge in [0.2, 0.25) is 0 Å². The third-order valence-corrected chi connectivity index (χ3v) is 3.15. The van der Waals surface area contributed by atoms with Crippen molar-refractivity contribution in [2.75, 3.05) is 19.6 Å². The van der Waals surface area contributed by atoms with Gasteiger partial charge in [0, 0.05) is 25.2 Å². The number of nitrogens with zero attached hydrogens (tertiary/aromatic N) is 1. The van der Waals surface area contributed by atoms with Crippen LogP contribution in [0.5, 0.6) is 0 Å². The van der Waals surface area contributed by atoms with Crippen LogP contribution in [-0.2, 0) is 0 Å². The molecule has 1 aliphatic heterocycles. The highest BCUT2D eigenvalue weighted by atomic mass is 15.2. The summed E-state index contributed by atoms with van der Waals surface area (Å²) in [6, 6.07) is 1.48. The highest BCUT2D eigenvalue weighted by molar-refractivity contribution is 4.87. The smallest absolute Gasteiger partial charge is 0.0574 e. The maximum atomic E-state index is 5.18. The van der Waals surface area contributed by atoms with E-state index in [-0.39, 0.29) is 0 Å². The molecule has 1 aliphatic rings. The van der Waals surface area contributed by atoms with Gasteiger partial charge >= 0.3 is 0 Å². The van der Waals surface area contributed by atoms with Gasteiger partial charge in [-0.3, -0.25) is 4.90 Å². The van der Waals surface area contributed by atoms with E-state index in [0.29, 0.717) is 6.54 Å². The van der Waals surface area contributed by atoms with E-state index in [1.54, 1.807) is 0 Å². The zero-order chi connectivity index (χ0) is 10.4. The summed E-state index contributed by atoms with van der Waals surface area (Å²) < 4.78 is 0. The minimum Gasteiger partial charge on any atom is -0.305 e. The van der Waals surface area contributed by atoms with E-state index < -0.39 is 0 Å². The lowest BCUT2D eigenvalue weighted by Gasteiger charge is -2.39. The molecule has 2 atom stereocenters. The maximum Gasteiger partial charge on any atom is 0.0574 e. The van der Waals surface area contributed by atoms with Gasteiger partial charge in [0.1, 0.15) is 0 Å². The van der Waals surface area contributed by atoms with Crippen LogP contribution in [0.4, 0.5) is 0 Å². The molecule has 2 unspecified atom stereocenters. The third kappa shape index (κ3) is 3.32. The van der Waals surface area contributed by atoms with Crippen molar-refractivity contribution in [2.45, 2.75) is 45.2 Å². The Balaban J connectivity index is 2.23. The quantitative estimate of drug-likeness (QED) is 0.538. The molecule has 0 bridgehead atoms. The van der Waals surface area contributed by atoms with Gasteiger partial charge in [0.05, 0.1) is 6.54 Å². The summed E-state index contributed by atoms with van der Waals surface area (Å²) in [6.07, 6.45) is 9.26. The van der Waals surface area contributed by atoms with Crippen molar-refractivity contribution in [2.24, 2.45) is 0 Å². The Kier molecular flexibility index (Phi) is 5.00. The molecule has 1 saturated heterocycles. The van der Waals surface area contributed by atoms with E-state index in [1.165, 1.54) is 19.3 Å². The summed E-state index contributed by atoms with van der Waals surface area (Å²) in [4.78, 5) is 2.59. The van der Waals surface area contributed by atoms with E-state index in [4.69, 9.17) is 6.42 Å². The first-order chi connectivity index (χ1) is 6.75. The zero-order valence-electron chi connectivity index (χ0n) is 9.42. The van der Waals surface area contributed by atoms with Crippen molar-refractivity contribution in [1.82, 2.24) is 10.2 Å². The fourth-order valence-corrected chi connectivity index (χ4v) is 2.28. The number of nitrogens with one attached hydrogen (secondary N) is 1. The van der Waals surface area contributed by atoms with Crippen molar-refractivity contribution in [1.29, 1.82) is 0 Å². The second-order valence-corrected chi connectivity index (χ2v) is 4.25. The summed E-state index contributed by atoms with van der Waals surface area (Å²) >= 11 is 0. The largest absolute Gasteiger partial charge is 0.305 e. The zero-order valence-corrected chi connectivity index (χ0v) is 9.42. The second kappa shape index (κ2) is 6.06. The van der Waals surface area contributed by atoms with Crippen LogP contribution in [-0.4, -0.2) is 36.6 Å². The molecule has 0 aromatic rings. The number of hydrogen-bond donors (Lipinski definition) is 1. The summed E-state index contributed by atoms with van der Waals surface area (Å²) in [5.41, 5.74) is 0. The van der Waals surface area contributed by atoms with Crippen LogP contribution in [0.15, 0.2) is 0 Å². The van der Waals surface area contributed by atoms with E-state index in [0.717, 1.165) is 25.2 Å². The number of hydrogen-bond acceptors (Lipinski definition) is 2. The number of rotatable bonds is 4. The third-order valence-electron chi connectivity index (χ3n) is 3.15. The van der Waals surface area contributed by atoms with Gasteiger partial charge in [0.15, 0.2) is 0 Å². The SMILES string of the molecule is C#CCNCCN1C(C)CCCC1C. The molecule has 2 nitrogen and oxygen atoms in total. The first-order valence-corrected chi connectivity index (χ1v) is 5.65. The predicted molar refractivity (Wildman–Crippen MR) is 61.2 cm³/mol. The van der Waals surface area contributed by atoms with Crippen LogP contribution in [0.25, 0.3) is 0 Å². The topological polar surface area (TPSA) is 15.3 Å². The van der Waals surface area contributed by atoms with E-state index in [2.05, 4.69) is 30.0 Å². The first kappa shape index (κ1) is 11.6. The lowest BCUT2D eigenvalue weighted by molar-refractivity contribution is 0.105. The first-order valence-electron chi connectivity index (χ1n) is 5.65. The van der Waals surface area contributed by atoms with Gasteiger partial charge < -0.3 is 5.32 Å².